The zero-order valence-electron chi connectivity index (χ0n) is 10.1. The molecule has 0 bridgehead atoms. The number of nitro groups is 1. The number of phenols is 2. The molecular weight excluding hydrogens is 262 g/mol. The van der Waals surface area contributed by atoms with Crippen molar-refractivity contribution in [3.8, 4) is 22.9 Å². The smallest absolute Gasteiger partial charge is 0.311 e. The lowest BCUT2D eigenvalue weighted by molar-refractivity contribution is -0.385. The van der Waals surface area contributed by atoms with E-state index in [1.54, 1.807) is 12.1 Å². The number of benzene rings is 2. The summed E-state index contributed by atoms with van der Waals surface area (Å²) in [4.78, 5) is 17.3. The molecule has 3 aromatic rings. The van der Waals surface area contributed by atoms with Crippen LogP contribution in [0.2, 0.25) is 0 Å². The molecule has 0 aliphatic rings. The topological polar surface area (TPSA) is 112 Å². The Balaban J connectivity index is 2.22. The Bertz CT molecular complexity index is 793. The highest BCUT2D eigenvalue weighted by Crippen LogP contribution is 2.38. The number of H-pyrrole nitrogens is 1. The van der Waals surface area contributed by atoms with Gasteiger partial charge in [-0.3, -0.25) is 10.1 Å². The van der Waals surface area contributed by atoms with E-state index in [0.717, 1.165) is 17.6 Å². The van der Waals surface area contributed by atoms with Crippen molar-refractivity contribution in [1.82, 2.24) is 9.97 Å². The van der Waals surface area contributed by atoms with Gasteiger partial charge in [0.15, 0.2) is 5.75 Å². The molecule has 0 saturated carbocycles. The molecule has 3 N–H and O–H groups in total. The second kappa shape index (κ2) is 4.23. The minimum Gasteiger partial charge on any atom is -0.507 e. The number of nitrogens with one attached hydrogen (secondary N) is 1. The van der Waals surface area contributed by atoms with Crippen molar-refractivity contribution in [3.05, 3.63) is 46.5 Å². The van der Waals surface area contributed by atoms with Gasteiger partial charge >= 0.3 is 5.69 Å². The molecule has 0 amide bonds. The normalized spacial score (nSPS) is 10.8. The third-order valence-electron chi connectivity index (χ3n) is 2.93. The van der Waals surface area contributed by atoms with Crippen molar-refractivity contribution in [3.63, 3.8) is 0 Å². The first-order valence-corrected chi connectivity index (χ1v) is 5.72. The molecule has 0 aliphatic carbocycles. The van der Waals surface area contributed by atoms with Crippen LogP contribution in [0.25, 0.3) is 22.4 Å². The van der Waals surface area contributed by atoms with Gasteiger partial charge in [0.2, 0.25) is 0 Å². The van der Waals surface area contributed by atoms with Crippen molar-refractivity contribution in [2.75, 3.05) is 0 Å². The van der Waals surface area contributed by atoms with E-state index in [4.69, 9.17) is 0 Å². The molecule has 0 saturated heterocycles. The third-order valence-corrected chi connectivity index (χ3v) is 2.93. The molecule has 1 heterocycles. The lowest BCUT2D eigenvalue weighted by atomic mass is 10.1. The van der Waals surface area contributed by atoms with Gasteiger partial charge in [0.05, 0.1) is 21.5 Å². The predicted molar refractivity (Wildman–Crippen MR) is 71.5 cm³/mol. The summed E-state index contributed by atoms with van der Waals surface area (Å²) < 4.78 is 0. The van der Waals surface area contributed by atoms with Crippen LogP contribution in [0.15, 0.2) is 36.4 Å². The Labute approximate surface area is 112 Å². The summed E-state index contributed by atoms with van der Waals surface area (Å²) in [5.41, 5.74) is 1.10. The number of aromatic hydroxyl groups is 2. The highest BCUT2D eigenvalue weighted by atomic mass is 16.6. The molecule has 0 atom stereocenters. The maximum Gasteiger partial charge on any atom is 0.311 e. The van der Waals surface area contributed by atoms with Crippen LogP contribution in [0.4, 0.5) is 5.69 Å². The van der Waals surface area contributed by atoms with E-state index in [0.29, 0.717) is 11.3 Å². The lowest BCUT2D eigenvalue weighted by Crippen LogP contribution is -1.91. The van der Waals surface area contributed by atoms with E-state index >= 15 is 0 Å². The molecule has 20 heavy (non-hydrogen) atoms. The molecule has 0 unspecified atom stereocenters. The summed E-state index contributed by atoms with van der Waals surface area (Å²) in [7, 11) is 0. The largest absolute Gasteiger partial charge is 0.507 e. The zero-order chi connectivity index (χ0) is 14.3. The van der Waals surface area contributed by atoms with Crippen LogP contribution < -0.4 is 0 Å². The molecule has 100 valence electrons. The Kier molecular flexibility index (Phi) is 2.53. The fourth-order valence-electron chi connectivity index (χ4n) is 1.98. The van der Waals surface area contributed by atoms with Gasteiger partial charge in [0.25, 0.3) is 0 Å². The van der Waals surface area contributed by atoms with Gasteiger partial charge < -0.3 is 15.2 Å². The number of nitrogens with zero attached hydrogens (tertiary/aromatic N) is 2. The first kappa shape index (κ1) is 12.0. The average Bonchev–Trinajstić information content (AvgIpc) is 2.81. The molecule has 7 nitrogen and oxygen atoms in total. The van der Waals surface area contributed by atoms with Crippen LogP contribution in [-0.2, 0) is 0 Å². The Morgan fingerprint density at radius 2 is 1.90 bits per heavy atom. The van der Waals surface area contributed by atoms with Crippen LogP contribution in [0.5, 0.6) is 11.5 Å². The molecule has 0 fully saturated rings. The van der Waals surface area contributed by atoms with E-state index in [9.17, 15) is 20.3 Å². The van der Waals surface area contributed by atoms with Crippen molar-refractivity contribution in [1.29, 1.82) is 0 Å². The minimum atomic E-state index is -0.721. The first-order valence-electron chi connectivity index (χ1n) is 5.72. The van der Waals surface area contributed by atoms with Crippen LogP contribution in [0.3, 0.4) is 0 Å². The summed E-state index contributed by atoms with van der Waals surface area (Å²) in [6, 6.07) is 9.23. The summed E-state index contributed by atoms with van der Waals surface area (Å²) in [6.45, 7) is 0. The van der Waals surface area contributed by atoms with E-state index in [1.165, 1.54) is 0 Å². The van der Waals surface area contributed by atoms with Crippen LogP contribution in [0, 0.1) is 10.1 Å². The van der Waals surface area contributed by atoms with Gasteiger partial charge in [-0.15, -0.1) is 0 Å². The summed E-state index contributed by atoms with van der Waals surface area (Å²) >= 11 is 0. The van der Waals surface area contributed by atoms with Crippen LogP contribution in [0.1, 0.15) is 0 Å². The van der Waals surface area contributed by atoms with Gasteiger partial charge in [-0.2, -0.15) is 0 Å². The molecule has 2 aromatic carbocycles. The van der Waals surface area contributed by atoms with E-state index < -0.39 is 16.4 Å². The van der Waals surface area contributed by atoms with E-state index in [1.807, 2.05) is 12.1 Å². The number of para-hydroxylation sites is 2. The molecule has 0 aliphatic heterocycles. The molecule has 7 heteroatoms. The molecule has 3 rings (SSSR count). The quantitative estimate of drug-likeness (QED) is 0.489. The molecular formula is C13H9N3O4. The summed E-state index contributed by atoms with van der Waals surface area (Å²) in [6.07, 6.45) is 0. The molecule has 0 spiro atoms. The number of aromatic nitrogens is 2. The van der Waals surface area contributed by atoms with Crippen molar-refractivity contribution < 1.29 is 15.1 Å². The summed E-state index contributed by atoms with van der Waals surface area (Å²) in [5, 5.41) is 30.1. The second-order valence-electron chi connectivity index (χ2n) is 4.22. The van der Waals surface area contributed by atoms with Gasteiger partial charge in [-0.1, -0.05) is 12.1 Å². The Morgan fingerprint density at radius 1 is 1.15 bits per heavy atom. The zero-order valence-corrected chi connectivity index (χ0v) is 10.1. The van der Waals surface area contributed by atoms with Crippen molar-refractivity contribution in [2.45, 2.75) is 0 Å². The molecule has 1 aromatic heterocycles. The molecule has 0 radical (unpaired) electrons. The Hall–Kier alpha value is -3.09. The highest BCUT2D eigenvalue weighted by Gasteiger charge is 2.20. The monoisotopic (exact) mass is 271 g/mol. The van der Waals surface area contributed by atoms with Gasteiger partial charge in [-0.25, -0.2) is 4.98 Å². The van der Waals surface area contributed by atoms with Crippen molar-refractivity contribution in [2.24, 2.45) is 0 Å². The maximum absolute atomic E-state index is 10.8. The van der Waals surface area contributed by atoms with Gasteiger partial charge in [0, 0.05) is 12.1 Å². The van der Waals surface area contributed by atoms with Gasteiger partial charge in [-0.05, 0) is 12.1 Å². The fraction of sp³-hybridized carbons (Fsp3) is 0. The lowest BCUT2D eigenvalue weighted by Gasteiger charge is -2.03. The van der Waals surface area contributed by atoms with Crippen molar-refractivity contribution >= 4 is 16.7 Å². The number of nitro benzene ring substituents is 1. The van der Waals surface area contributed by atoms with E-state index in [2.05, 4.69) is 9.97 Å². The number of phenolic OH excluding ortho intramolecular Hbond substituents is 2. The number of hydrogen-bond donors (Lipinski definition) is 3. The van der Waals surface area contributed by atoms with E-state index in [-0.39, 0.29) is 11.3 Å². The standard InChI is InChI=1S/C13H9N3O4/c17-11-6-12(18)10(16(19)20)5-7(11)13-14-8-3-1-2-4-9(8)15-13/h1-6,17-18H,(H,14,15). The summed E-state index contributed by atoms with van der Waals surface area (Å²) in [5.74, 6) is -0.577. The van der Waals surface area contributed by atoms with Crippen LogP contribution in [-0.4, -0.2) is 25.1 Å². The second-order valence-corrected chi connectivity index (χ2v) is 4.22. The SMILES string of the molecule is O=[N+]([O-])c1cc(-c2nc3ccccc3[nH]2)c(O)cc1O. The number of aromatic amines is 1. The third kappa shape index (κ3) is 1.81. The first-order chi connectivity index (χ1) is 9.56. The number of rotatable bonds is 2. The Morgan fingerprint density at radius 3 is 2.60 bits per heavy atom. The van der Waals surface area contributed by atoms with Gasteiger partial charge in [0.1, 0.15) is 11.6 Å². The predicted octanol–water partition coefficient (Wildman–Crippen LogP) is 2.55. The fourth-order valence-corrected chi connectivity index (χ4v) is 1.98. The maximum atomic E-state index is 10.8. The number of hydrogen-bond acceptors (Lipinski definition) is 5. The highest BCUT2D eigenvalue weighted by molar-refractivity contribution is 5.81. The minimum absolute atomic E-state index is 0.158. The number of imidazole rings is 1. The van der Waals surface area contributed by atoms with Crippen LogP contribution >= 0.6 is 0 Å². The number of fused-ring (bicyclic) bond motifs is 1. The average molecular weight is 271 g/mol.